The minimum atomic E-state index is -0.591. The molecule has 1 aromatic carbocycles. The molecule has 0 fully saturated rings. The highest BCUT2D eigenvalue weighted by molar-refractivity contribution is 5.45. The highest BCUT2D eigenvalue weighted by Gasteiger charge is 2.32. The Morgan fingerprint density at radius 3 is 2.27 bits per heavy atom. The monoisotopic (exact) mass is 198 g/mol. The zero-order valence-electron chi connectivity index (χ0n) is 9.28. The van der Waals surface area contributed by atoms with Gasteiger partial charge in [0.2, 0.25) is 0 Å². The average molecular weight is 198 g/mol. The average Bonchev–Trinajstić information content (AvgIpc) is 2.27. The third-order valence-corrected chi connectivity index (χ3v) is 2.99. The van der Waals surface area contributed by atoms with E-state index in [2.05, 4.69) is 12.1 Å². The maximum atomic E-state index is 9.27. The van der Waals surface area contributed by atoms with Crippen LogP contribution in [-0.2, 0) is 5.41 Å². The molecule has 1 atom stereocenters. The molecule has 0 bridgehead atoms. The highest BCUT2D eigenvalue weighted by atomic mass is 14.4. The summed E-state index contributed by atoms with van der Waals surface area (Å²) in [7, 11) is 0. The number of hydrogen-bond acceptors (Lipinski definition) is 2. The van der Waals surface area contributed by atoms with Gasteiger partial charge < -0.3 is 0 Å². The second kappa shape index (κ2) is 4.15. The molecule has 0 aliphatic heterocycles. The Bertz CT molecular complexity index is 435. The fraction of sp³-hybridized carbons (Fsp3) is 0.385. The molecular weight excluding hydrogens is 184 g/mol. The highest BCUT2D eigenvalue weighted by Crippen LogP contribution is 2.33. The summed E-state index contributed by atoms with van der Waals surface area (Å²) in [6.45, 7) is 5.88. The van der Waals surface area contributed by atoms with Gasteiger partial charge in [-0.05, 0) is 24.5 Å². The molecule has 0 aliphatic rings. The van der Waals surface area contributed by atoms with Crippen molar-refractivity contribution in [1.82, 2.24) is 0 Å². The molecule has 0 saturated heterocycles. The van der Waals surface area contributed by atoms with E-state index in [1.165, 1.54) is 0 Å². The molecule has 0 radical (unpaired) electrons. The van der Waals surface area contributed by atoms with Crippen LogP contribution < -0.4 is 0 Å². The van der Waals surface area contributed by atoms with Crippen LogP contribution in [0.4, 0.5) is 0 Å². The quantitative estimate of drug-likeness (QED) is 0.733. The number of nitrogens with zero attached hydrogens (tertiary/aromatic N) is 2. The summed E-state index contributed by atoms with van der Waals surface area (Å²) >= 11 is 0. The molecule has 0 amide bonds. The van der Waals surface area contributed by atoms with Crippen molar-refractivity contribution in [2.24, 2.45) is 5.92 Å². The third kappa shape index (κ3) is 1.85. The number of benzene rings is 1. The lowest BCUT2D eigenvalue weighted by molar-refractivity contribution is 0.430. The van der Waals surface area contributed by atoms with E-state index < -0.39 is 5.41 Å². The minimum Gasteiger partial charge on any atom is -0.197 e. The summed E-state index contributed by atoms with van der Waals surface area (Å²) < 4.78 is 0. The molecule has 0 N–H and O–H groups in total. The molecule has 1 unspecified atom stereocenters. The second-order valence-electron chi connectivity index (χ2n) is 4.13. The van der Waals surface area contributed by atoms with Crippen LogP contribution in [0.5, 0.6) is 0 Å². The maximum absolute atomic E-state index is 9.27. The molecule has 2 nitrogen and oxygen atoms in total. The fourth-order valence-electron chi connectivity index (χ4n) is 1.53. The van der Waals surface area contributed by atoms with Crippen LogP contribution in [0.1, 0.15) is 31.9 Å². The summed E-state index contributed by atoms with van der Waals surface area (Å²) in [6.07, 6.45) is 0. The summed E-state index contributed by atoms with van der Waals surface area (Å²) in [5, 5.41) is 18.3. The fourth-order valence-corrected chi connectivity index (χ4v) is 1.53. The summed E-state index contributed by atoms with van der Waals surface area (Å²) in [4.78, 5) is 0. The first-order chi connectivity index (χ1) is 7.06. The molecule has 0 aliphatic carbocycles. The van der Waals surface area contributed by atoms with E-state index in [4.69, 9.17) is 5.26 Å². The van der Waals surface area contributed by atoms with E-state index in [0.29, 0.717) is 5.56 Å². The van der Waals surface area contributed by atoms with Crippen LogP contribution in [0.15, 0.2) is 24.3 Å². The Kier molecular flexibility index (Phi) is 3.12. The molecule has 2 heteroatoms. The largest absolute Gasteiger partial charge is 0.197 e. The normalized spacial score (nSPS) is 14.0. The Labute approximate surface area is 90.8 Å². The van der Waals surface area contributed by atoms with E-state index in [1.807, 2.05) is 39.0 Å². The Balaban J connectivity index is 3.39. The van der Waals surface area contributed by atoms with Crippen molar-refractivity contribution in [2.45, 2.75) is 26.2 Å². The Morgan fingerprint density at radius 2 is 1.80 bits per heavy atom. The van der Waals surface area contributed by atoms with Gasteiger partial charge in [0.25, 0.3) is 0 Å². The summed E-state index contributed by atoms with van der Waals surface area (Å²) in [6, 6.07) is 11.8. The van der Waals surface area contributed by atoms with Gasteiger partial charge >= 0.3 is 0 Å². The number of rotatable bonds is 2. The first-order valence-electron chi connectivity index (χ1n) is 4.97. The van der Waals surface area contributed by atoms with Gasteiger partial charge in [-0.1, -0.05) is 32.0 Å². The molecule has 76 valence electrons. The Morgan fingerprint density at radius 1 is 1.20 bits per heavy atom. The van der Waals surface area contributed by atoms with Crippen LogP contribution in [-0.4, -0.2) is 0 Å². The van der Waals surface area contributed by atoms with E-state index in [-0.39, 0.29) is 5.92 Å². The van der Waals surface area contributed by atoms with Crippen LogP contribution in [0, 0.1) is 28.6 Å². The van der Waals surface area contributed by atoms with Crippen molar-refractivity contribution in [1.29, 1.82) is 10.5 Å². The van der Waals surface area contributed by atoms with Gasteiger partial charge in [-0.2, -0.15) is 10.5 Å². The molecule has 0 saturated carbocycles. The lowest BCUT2D eigenvalue weighted by Gasteiger charge is -2.27. The minimum absolute atomic E-state index is 0.178. The zero-order chi connectivity index (χ0) is 11.5. The van der Waals surface area contributed by atoms with Gasteiger partial charge in [-0.15, -0.1) is 0 Å². The molecule has 1 rings (SSSR count). The van der Waals surface area contributed by atoms with Gasteiger partial charge in [0.15, 0.2) is 0 Å². The van der Waals surface area contributed by atoms with Gasteiger partial charge in [0, 0.05) is 0 Å². The molecule has 1 aromatic rings. The van der Waals surface area contributed by atoms with Crippen molar-refractivity contribution < 1.29 is 0 Å². The van der Waals surface area contributed by atoms with Crippen LogP contribution in [0.2, 0.25) is 0 Å². The standard InChI is InChI=1S/C13H14N2/c1-10(2)13(3,9-15)12-7-5-4-6-11(12)8-14/h4-7,10H,1-3H3. The second-order valence-corrected chi connectivity index (χ2v) is 4.13. The molecule has 0 spiro atoms. The summed E-state index contributed by atoms with van der Waals surface area (Å²) in [5.41, 5.74) is 0.826. The van der Waals surface area contributed by atoms with Crippen LogP contribution in [0.25, 0.3) is 0 Å². The number of hydrogen-bond donors (Lipinski definition) is 0. The van der Waals surface area contributed by atoms with Crippen molar-refractivity contribution in [3.63, 3.8) is 0 Å². The third-order valence-electron chi connectivity index (χ3n) is 2.99. The molecule has 0 heterocycles. The SMILES string of the molecule is CC(C)C(C)(C#N)c1ccccc1C#N. The first kappa shape index (κ1) is 11.3. The molecule has 15 heavy (non-hydrogen) atoms. The molecular formula is C13H14N2. The van der Waals surface area contributed by atoms with Crippen LogP contribution in [0.3, 0.4) is 0 Å². The Hall–Kier alpha value is -1.80. The predicted octanol–water partition coefficient (Wildman–Crippen LogP) is 3.00. The van der Waals surface area contributed by atoms with Crippen molar-refractivity contribution in [3.05, 3.63) is 35.4 Å². The van der Waals surface area contributed by atoms with Crippen molar-refractivity contribution >= 4 is 0 Å². The van der Waals surface area contributed by atoms with E-state index in [1.54, 1.807) is 6.07 Å². The van der Waals surface area contributed by atoms with E-state index in [9.17, 15) is 5.26 Å². The maximum Gasteiger partial charge on any atom is 0.0995 e. The zero-order valence-corrected chi connectivity index (χ0v) is 9.28. The van der Waals surface area contributed by atoms with Gasteiger partial charge in [-0.25, -0.2) is 0 Å². The molecule has 0 aromatic heterocycles. The number of nitriles is 2. The van der Waals surface area contributed by atoms with Gasteiger partial charge in [-0.3, -0.25) is 0 Å². The lowest BCUT2D eigenvalue weighted by Crippen LogP contribution is -2.27. The first-order valence-corrected chi connectivity index (χ1v) is 4.97. The van der Waals surface area contributed by atoms with Crippen molar-refractivity contribution in [2.75, 3.05) is 0 Å². The lowest BCUT2D eigenvalue weighted by atomic mass is 9.73. The topological polar surface area (TPSA) is 47.6 Å². The van der Waals surface area contributed by atoms with E-state index in [0.717, 1.165) is 5.56 Å². The summed E-state index contributed by atoms with van der Waals surface area (Å²) in [5.74, 6) is 0.178. The van der Waals surface area contributed by atoms with Gasteiger partial charge in [0.05, 0.1) is 23.1 Å². The predicted molar refractivity (Wildman–Crippen MR) is 59.0 cm³/mol. The van der Waals surface area contributed by atoms with Crippen LogP contribution >= 0.6 is 0 Å². The van der Waals surface area contributed by atoms with E-state index >= 15 is 0 Å². The van der Waals surface area contributed by atoms with Gasteiger partial charge in [0.1, 0.15) is 0 Å². The van der Waals surface area contributed by atoms with Crippen molar-refractivity contribution in [3.8, 4) is 12.1 Å². The smallest absolute Gasteiger partial charge is 0.0995 e.